The number of benzene rings is 2. The second-order valence-electron chi connectivity index (χ2n) is 6.82. The van der Waals surface area contributed by atoms with Crippen molar-refractivity contribution in [2.24, 2.45) is 0 Å². The summed E-state index contributed by atoms with van der Waals surface area (Å²) in [6.07, 6.45) is 6.34. The fourth-order valence-electron chi connectivity index (χ4n) is 3.55. The SMILES string of the molecule is COc1ccc(/C=C/CN2CCN(c3nccc4ccccc34)CC2)cc1. The van der Waals surface area contributed by atoms with Gasteiger partial charge in [0.05, 0.1) is 7.11 Å². The Morgan fingerprint density at radius 2 is 1.74 bits per heavy atom. The van der Waals surface area contributed by atoms with Gasteiger partial charge in [-0.2, -0.15) is 0 Å². The maximum absolute atomic E-state index is 5.20. The molecular formula is C23H25N3O. The molecule has 3 aromatic rings. The Bertz CT molecular complexity index is 907. The van der Waals surface area contributed by atoms with E-state index in [9.17, 15) is 0 Å². The standard InChI is InChI=1S/C23H25N3O/c1-27-21-10-8-19(9-11-21)5-4-14-25-15-17-26(18-16-25)23-22-7-3-2-6-20(22)12-13-24-23/h2-13H,14-18H2,1H3/b5-4+. The Balaban J connectivity index is 1.34. The van der Waals surface area contributed by atoms with Crippen molar-refractivity contribution in [3.05, 3.63) is 72.4 Å². The number of methoxy groups -OCH3 is 1. The van der Waals surface area contributed by atoms with Crippen molar-refractivity contribution in [3.8, 4) is 5.75 Å². The van der Waals surface area contributed by atoms with Crippen molar-refractivity contribution in [3.63, 3.8) is 0 Å². The van der Waals surface area contributed by atoms with E-state index in [-0.39, 0.29) is 0 Å². The molecule has 27 heavy (non-hydrogen) atoms. The largest absolute Gasteiger partial charge is 0.497 e. The van der Waals surface area contributed by atoms with Crippen LogP contribution in [0.1, 0.15) is 5.56 Å². The zero-order valence-electron chi connectivity index (χ0n) is 15.7. The number of nitrogens with zero attached hydrogens (tertiary/aromatic N) is 3. The van der Waals surface area contributed by atoms with Crippen LogP contribution in [0.3, 0.4) is 0 Å². The van der Waals surface area contributed by atoms with Gasteiger partial charge in [0.1, 0.15) is 11.6 Å². The van der Waals surface area contributed by atoms with E-state index in [2.05, 4.69) is 69.4 Å². The first kappa shape index (κ1) is 17.6. The number of pyridine rings is 1. The molecule has 2 aromatic carbocycles. The molecule has 1 fully saturated rings. The van der Waals surface area contributed by atoms with Crippen LogP contribution in [0, 0.1) is 0 Å². The van der Waals surface area contributed by atoms with Gasteiger partial charge in [-0.3, -0.25) is 4.90 Å². The first-order chi connectivity index (χ1) is 13.3. The van der Waals surface area contributed by atoms with Gasteiger partial charge in [0.2, 0.25) is 0 Å². The average molecular weight is 359 g/mol. The molecular weight excluding hydrogens is 334 g/mol. The molecule has 0 radical (unpaired) electrons. The molecule has 0 N–H and O–H groups in total. The molecule has 1 aliphatic rings. The number of aromatic nitrogens is 1. The van der Waals surface area contributed by atoms with E-state index in [1.54, 1.807) is 7.11 Å². The Kier molecular flexibility index (Phi) is 5.35. The molecule has 0 aliphatic carbocycles. The zero-order chi connectivity index (χ0) is 18.5. The molecule has 0 bridgehead atoms. The van der Waals surface area contributed by atoms with Crippen LogP contribution in [-0.4, -0.2) is 49.7 Å². The van der Waals surface area contributed by atoms with Gasteiger partial charge in [0.15, 0.2) is 0 Å². The highest BCUT2D eigenvalue weighted by Crippen LogP contribution is 2.25. The number of hydrogen-bond acceptors (Lipinski definition) is 4. The highest BCUT2D eigenvalue weighted by atomic mass is 16.5. The summed E-state index contributed by atoms with van der Waals surface area (Å²) in [5.74, 6) is 2.01. The topological polar surface area (TPSA) is 28.6 Å². The smallest absolute Gasteiger partial charge is 0.136 e. The minimum atomic E-state index is 0.894. The summed E-state index contributed by atoms with van der Waals surface area (Å²) < 4.78 is 5.20. The van der Waals surface area contributed by atoms with Crippen LogP contribution in [-0.2, 0) is 0 Å². The normalized spacial score (nSPS) is 15.5. The first-order valence-electron chi connectivity index (χ1n) is 9.45. The van der Waals surface area contributed by atoms with Gasteiger partial charge in [-0.15, -0.1) is 0 Å². The summed E-state index contributed by atoms with van der Waals surface area (Å²) in [7, 11) is 1.69. The lowest BCUT2D eigenvalue weighted by Crippen LogP contribution is -2.46. The van der Waals surface area contributed by atoms with Crippen LogP contribution in [0.2, 0.25) is 0 Å². The summed E-state index contributed by atoms with van der Waals surface area (Å²) in [6, 6.07) is 18.7. The highest BCUT2D eigenvalue weighted by Gasteiger charge is 2.18. The van der Waals surface area contributed by atoms with Crippen molar-refractivity contribution < 1.29 is 4.74 Å². The van der Waals surface area contributed by atoms with Crippen LogP contribution in [0.4, 0.5) is 5.82 Å². The van der Waals surface area contributed by atoms with E-state index in [0.29, 0.717) is 0 Å². The van der Waals surface area contributed by atoms with Crippen molar-refractivity contribution in [1.29, 1.82) is 0 Å². The number of piperazine rings is 1. The maximum Gasteiger partial charge on any atom is 0.136 e. The molecule has 0 spiro atoms. The molecule has 0 amide bonds. The van der Waals surface area contributed by atoms with E-state index in [4.69, 9.17) is 4.74 Å². The number of anilines is 1. The van der Waals surface area contributed by atoms with Gasteiger partial charge >= 0.3 is 0 Å². The molecule has 1 aliphatic heterocycles. The van der Waals surface area contributed by atoms with E-state index >= 15 is 0 Å². The number of hydrogen-bond donors (Lipinski definition) is 0. The zero-order valence-corrected chi connectivity index (χ0v) is 15.7. The lowest BCUT2D eigenvalue weighted by Gasteiger charge is -2.35. The summed E-state index contributed by atoms with van der Waals surface area (Å²) >= 11 is 0. The predicted octanol–water partition coefficient (Wildman–Crippen LogP) is 4.08. The van der Waals surface area contributed by atoms with Gasteiger partial charge < -0.3 is 9.64 Å². The number of rotatable bonds is 5. The Morgan fingerprint density at radius 1 is 0.963 bits per heavy atom. The van der Waals surface area contributed by atoms with Gasteiger partial charge in [-0.25, -0.2) is 4.98 Å². The molecule has 0 atom stereocenters. The minimum Gasteiger partial charge on any atom is -0.497 e. The van der Waals surface area contributed by atoms with E-state index in [1.807, 2.05) is 18.3 Å². The molecule has 4 nitrogen and oxygen atoms in total. The molecule has 1 aromatic heterocycles. The van der Waals surface area contributed by atoms with Gasteiger partial charge in [0.25, 0.3) is 0 Å². The average Bonchev–Trinajstić information content (AvgIpc) is 2.74. The van der Waals surface area contributed by atoms with Crippen molar-refractivity contribution in [2.75, 3.05) is 44.7 Å². The lowest BCUT2D eigenvalue weighted by molar-refractivity contribution is 0.284. The Morgan fingerprint density at radius 3 is 2.52 bits per heavy atom. The van der Waals surface area contributed by atoms with E-state index in [1.165, 1.54) is 16.3 Å². The molecule has 2 heterocycles. The Labute approximate surface area is 160 Å². The van der Waals surface area contributed by atoms with Gasteiger partial charge in [-0.05, 0) is 29.1 Å². The monoisotopic (exact) mass is 359 g/mol. The number of fused-ring (bicyclic) bond motifs is 1. The van der Waals surface area contributed by atoms with Crippen LogP contribution >= 0.6 is 0 Å². The Hall–Kier alpha value is -2.85. The van der Waals surface area contributed by atoms with Crippen LogP contribution < -0.4 is 9.64 Å². The second-order valence-corrected chi connectivity index (χ2v) is 6.82. The molecule has 0 saturated carbocycles. The quantitative estimate of drug-likeness (QED) is 0.686. The molecule has 138 valence electrons. The van der Waals surface area contributed by atoms with Crippen molar-refractivity contribution in [2.45, 2.75) is 0 Å². The third-order valence-electron chi connectivity index (χ3n) is 5.11. The van der Waals surface area contributed by atoms with Crippen LogP contribution in [0.25, 0.3) is 16.8 Å². The third kappa shape index (κ3) is 4.12. The van der Waals surface area contributed by atoms with Crippen molar-refractivity contribution >= 4 is 22.7 Å². The minimum absolute atomic E-state index is 0.894. The highest BCUT2D eigenvalue weighted by molar-refractivity contribution is 5.92. The molecule has 0 unspecified atom stereocenters. The van der Waals surface area contributed by atoms with Gasteiger partial charge in [-0.1, -0.05) is 48.6 Å². The molecule has 4 heteroatoms. The fraction of sp³-hybridized carbons (Fsp3) is 0.261. The fourth-order valence-corrected chi connectivity index (χ4v) is 3.55. The third-order valence-corrected chi connectivity index (χ3v) is 5.11. The van der Waals surface area contributed by atoms with Crippen LogP contribution in [0.5, 0.6) is 5.75 Å². The maximum atomic E-state index is 5.20. The summed E-state index contributed by atoms with van der Waals surface area (Å²) in [5.41, 5.74) is 1.20. The van der Waals surface area contributed by atoms with E-state index in [0.717, 1.165) is 44.3 Å². The van der Waals surface area contributed by atoms with E-state index < -0.39 is 0 Å². The predicted molar refractivity (Wildman–Crippen MR) is 112 cm³/mol. The summed E-state index contributed by atoms with van der Waals surface area (Å²) in [5, 5.41) is 2.50. The van der Waals surface area contributed by atoms with Gasteiger partial charge in [0, 0.05) is 44.3 Å². The lowest BCUT2D eigenvalue weighted by atomic mass is 10.1. The molecule has 1 saturated heterocycles. The van der Waals surface area contributed by atoms with Crippen LogP contribution in [0.15, 0.2) is 66.9 Å². The van der Waals surface area contributed by atoms with Crippen molar-refractivity contribution in [1.82, 2.24) is 9.88 Å². The molecule has 4 rings (SSSR count). The number of ether oxygens (including phenoxy) is 1. The second kappa shape index (κ2) is 8.23. The summed E-state index contributed by atoms with van der Waals surface area (Å²) in [4.78, 5) is 9.55. The first-order valence-corrected chi connectivity index (χ1v) is 9.45. The summed E-state index contributed by atoms with van der Waals surface area (Å²) in [6.45, 7) is 5.10.